The molecule has 0 fully saturated rings. The average molecular weight is 454 g/mol. The van der Waals surface area contributed by atoms with E-state index in [4.69, 9.17) is 9.47 Å². The Kier molecular flexibility index (Phi) is 6.40. The molecule has 0 bridgehead atoms. The second kappa shape index (κ2) is 9.74. The molecular formula is C26H18N2O6. The Bertz CT molecular complexity index is 1370. The minimum absolute atomic E-state index is 0.0752. The summed E-state index contributed by atoms with van der Waals surface area (Å²) in [6, 6.07) is 19.9. The molecule has 0 N–H and O–H groups in total. The molecule has 3 aromatic rings. The summed E-state index contributed by atoms with van der Waals surface area (Å²) in [5.41, 5.74) is 2.68. The average Bonchev–Trinajstić information content (AvgIpc) is 3.19. The second-order valence-corrected chi connectivity index (χ2v) is 7.35. The van der Waals surface area contributed by atoms with Crippen molar-refractivity contribution < 1.29 is 24.0 Å². The number of nitrogens with zero attached hydrogens (tertiary/aromatic N) is 2. The number of carbonyl (C=O) groups is 2. The van der Waals surface area contributed by atoms with Gasteiger partial charge in [0.05, 0.1) is 4.92 Å². The SMILES string of the molecule is Cc1ccc(C2=N/C(=C\c3ccccc3OC(=O)/C=C/c3cccc([N+](=O)[O-])c3)C(=O)O2)cc1. The highest BCUT2D eigenvalue weighted by Gasteiger charge is 2.24. The van der Waals surface area contributed by atoms with E-state index in [9.17, 15) is 19.7 Å². The number of esters is 2. The van der Waals surface area contributed by atoms with Crippen LogP contribution in [0.2, 0.25) is 0 Å². The molecule has 168 valence electrons. The molecule has 8 heteroatoms. The summed E-state index contributed by atoms with van der Waals surface area (Å²) in [7, 11) is 0. The Morgan fingerprint density at radius 1 is 1.06 bits per heavy atom. The van der Waals surface area contributed by atoms with Crippen LogP contribution < -0.4 is 4.74 Å². The quantitative estimate of drug-likeness (QED) is 0.173. The van der Waals surface area contributed by atoms with Gasteiger partial charge in [-0.1, -0.05) is 48.0 Å². The van der Waals surface area contributed by atoms with E-state index in [0.717, 1.165) is 5.56 Å². The number of para-hydroxylation sites is 1. The molecule has 0 saturated heterocycles. The molecule has 3 aromatic carbocycles. The zero-order chi connectivity index (χ0) is 24.1. The molecule has 0 aliphatic carbocycles. The second-order valence-electron chi connectivity index (χ2n) is 7.35. The first kappa shape index (κ1) is 22.3. The minimum atomic E-state index is -0.685. The van der Waals surface area contributed by atoms with Crippen molar-refractivity contribution in [3.8, 4) is 5.75 Å². The van der Waals surface area contributed by atoms with Crippen LogP contribution in [0, 0.1) is 17.0 Å². The number of benzene rings is 3. The Labute approximate surface area is 194 Å². The van der Waals surface area contributed by atoms with Gasteiger partial charge < -0.3 is 9.47 Å². The van der Waals surface area contributed by atoms with Crippen molar-refractivity contribution in [2.75, 3.05) is 0 Å². The van der Waals surface area contributed by atoms with Gasteiger partial charge in [0.2, 0.25) is 5.90 Å². The molecule has 1 aliphatic heterocycles. The molecule has 0 unspecified atom stereocenters. The van der Waals surface area contributed by atoms with Crippen molar-refractivity contribution in [3.63, 3.8) is 0 Å². The van der Waals surface area contributed by atoms with Gasteiger partial charge in [-0.05, 0) is 42.8 Å². The first-order chi connectivity index (χ1) is 16.4. The topological polar surface area (TPSA) is 108 Å². The predicted octanol–water partition coefficient (Wildman–Crippen LogP) is 4.87. The third-order valence-electron chi connectivity index (χ3n) is 4.83. The van der Waals surface area contributed by atoms with Crippen LogP contribution in [0.5, 0.6) is 5.75 Å². The number of rotatable bonds is 6. The van der Waals surface area contributed by atoms with Gasteiger partial charge in [-0.3, -0.25) is 10.1 Å². The van der Waals surface area contributed by atoms with E-state index in [2.05, 4.69) is 4.99 Å². The van der Waals surface area contributed by atoms with Gasteiger partial charge in [-0.25, -0.2) is 14.6 Å². The fraction of sp³-hybridized carbons (Fsp3) is 0.0385. The number of hydrogen-bond acceptors (Lipinski definition) is 7. The van der Waals surface area contributed by atoms with Crippen LogP contribution in [0.25, 0.3) is 12.2 Å². The smallest absolute Gasteiger partial charge is 0.363 e. The van der Waals surface area contributed by atoms with Crippen molar-refractivity contribution in [2.45, 2.75) is 6.92 Å². The highest BCUT2D eigenvalue weighted by Crippen LogP contribution is 2.25. The van der Waals surface area contributed by atoms with Crippen LogP contribution in [0.3, 0.4) is 0 Å². The van der Waals surface area contributed by atoms with Crippen LogP contribution in [-0.2, 0) is 14.3 Å². The molecule has 34 heavy (non-hydrogen) atoms. The lowest BCUT2D eigenvalue weighted by molar-refractivity contribution is -0.384. The first-order valence-electron chi connectivity index (χ1n) is 10.2. The summed E-state index contributed by atoms with van der Waals surface area (Å²) in [4.78, 5) is 39.3. The molecule has 1 heterocycles. The Balaban J connectivity index is 1.53. The summed E-state index contributed by atoms with van der Waals surface area (Å²) in [5.74, 6) is -0.876. The number of nitro benzene ring substituents is 1. The summed E-state index contributed by atoms with van der Waals surface area (Å²) in [6.07, 6.45) is 4.07. The molecular weight excluding hydrogens is 436 g/mol. The molecule has 0 atom stereocenters. The molecule has 0 spiro atoms. The largest absolute Gasteiger partial charge is 0.423 e. The summed E-state index contributed by atoms with van der Waals surface area (Å²) >= 11 is 0. The number of non-ortho nitro benzene ring substituents is 1. The van der Waals surface area contributed by atoms with Gasteiger partial charge in [0, 0.05) is 29.3 Å². The minimum Gasteiger partial charge on any atom is -0.423 e. The molecule has 0 amide bonds. The van der Waals surface area contributed by atoms with E-state index in [1.807, 2.05) is 31.2 Å². The van der Waals surface area contributed by atoms with Gasteiger partial charge in [0.15, 0.2) is 5.70 Å². The van der Waals surface area contributed by atoms with Crippen LogP contribution >= 0.6 is 0 Å². The third kappa shape index (κ3) is 5.31. The highest BCUT2D eigenvalue weighted by molar-refractivity contribution is 6.13. The van der Waals surface area contributed by atoms with E-state index >= 15 is 0 Å². The molecule has 0 saturated carbocycles. The van der Waals surface area contributed by atoms with Crippen molar-refractivity contribution in [1.29, 1.82) is 0 Å². The zero-order valence-electron chi connectivity index (χ0n) is 18.0. The van der Waals surface area contributed by atoms with E-state index in [1.54, 1.807) is 30.3 Å². The summed E-state index contributed by atoms with van der Waals surface area (Å²) < 4.78 is 10.7. The molecule has 0 radical (unpaired) electrons. The standard InChI is InChI=1S/C26H18N2O6/c1-17-9-12-19(13-10-17)25-27-22(26(30)34-25)16-20-6-2-3-8-23(20)33-24(29)14-11-18-5-4-7-21(15-18)28(31)32/h2-16H,1H3/b14-11+,22-16-. The normalized spacial score (nSPS) is 14.2. The lowest BCUT2D eigenvalue weighted by Crippen LogP contribution is -2.06. The van der Waals surface area contributed by atoms with Crippen LogP contribution in [0.4, 0.5) is 5.69 Å². The number of nitro groups is 1. The van der Waals surface area contributed by atoms with Gasteiger partial charge >= 0.3 is 11.9 Å². The predicted molar refractivity (Wildman–Crippen MR) is 126 cm³/mol. The van der Waals surface area contributed by atoms with Gasteiger partial charge in [-0.2, -0.15) is 0 Å². The number of ether oxygens (including phenoxy) is 2. The highest BCUT2D eigenvalue weighted by atomic mass is 16.6. The van der Waals surface area contributed by atoms with Gasteiger partial charge in [0.25, 0.3) is 5.69 Å². The van der Waals surface area contributed by atoms with Crippen LogP contribution in [0.15, 0.2) is 89.6 Å². The fourth-order valence-electron chi connectivity index (χ4n) is 3.12. The van der Waals surface area contributed by atoms with Crippen molar-refractivity contribution in [2.24, 2.45) is 4.99 Å². The lowest BCUT2D eigenvalue weighted by Gasteiger charge is -2.05. The fourth-order valence-corrected chi connectivity index (χ4v) is 3.12. The molecule has 8 nitrogen and oxygen atoms in total. The Morgan fingerprint density at radius 2 is 1.82 bits per heavy atom. The Hall–Kier alpha value is -4.85. The van der Waals surface area contributed by atoms with Crippen LogP contribution in [0.1, 0.15) is 22.3 Å². The van der Waals surface area contributed by atoms with E-state index in [0.29, 0.717) is 16.7 Å². The van der Waals surface area contributed by atoms with Crippen molar-refractivity contribution in [1.82, 2.24) is 0 Å². The van der Waals surface area contributed by atoms with Crippen molar-refractivity contribution >= 4 is 35.7 Å². The number of cyclic esters (lactones) is 1. The zero-order valence-corrected chi connectivity index (χ0v) is 18.0. The maximum absolute atomic E-state index is 12.3. The van der Waals surface area contributed by atoms with Gasteiger partial charge in [0.1, 0.15) is 5.75 Å². The monoisotopic (exact) mass is 454 g/mol. The number of hydrogen-bond donors (Lipinski definition) is 0. The number of carbonyl (C=O) groups excluding carboxylic acids is 2. The van der Waals surface area contributed by atoms with E-state index in [-0.39, 0.29) is 23.0 Å². The maximum Gasteiger partial charge on any atom is 0.363 e. The van der Waals surface area contributed by atoms with Crippen LogP contribution in [-0.4, -0.2) is 22.8 Å². The number of aryl methyl sites for hydroxylation is 1. The van der Waals surface area contributed by atoms with Gasteiger partial charge in [-0.15, -0.1) is 0 Å². The van der Waals surface area contributed by atoms with E-state index < -0.39 is 16.9 Å². The maximum atomic E-state index is 12.3. The Morgan fingerprint density at radius 3 is 2.59 bits per heavy atom. The van der Waals surface area contributed by atoms with Crippen molar-refractivity contribution in [3.05, 3.63) is 117 Å². The van der Waals surface area contributed by atoms with E-state index in [1.165, 1.54) is 36.4 Å². The third-order valence-corrected chi connectivity index (χ3v) is 4.83. The summed E-state index contributed by atoms with van der Waals surface area (Å²) in [5, 5.41) is 10.9. The molecule has 4 rings (SSSR count). The molecule has 1 aliphatic rings. The number of aliphatic imine (C=N–C) groups is 1. The first-order valence-corrected chi connectivity index (χ1v) is 10.2. The lowest BCUT2D eigenvalue weighted by atomic mass is 10.1. The molecule has 0 aromatic heterocycles. The summed E-state index contributed by atoms with van der Waals surface area (Å²) in [6.45, 7) is 1.95.